The van der Waals surface area contributed by atoms with Crippen LogP contribution in [0.2, 0.25) is 0 Å². The third-order valence-corrected chi connectivity index (χ3v) is 4.46. The molecule has 0 radical (unpaired) electrons. The maximum atomic E-state index is 8.63. The molecule has 0 aliphatic heterocycles. The Kier molecular flexibility index (Phi) is 7.20. The van der Waals surface area contributed by atoms with E-state index in [1.165, 1.54) is 0 Å². The molecule has 1 N–H and O–H groups in total. The second-order valence-electron chi connectivity index (χ2n) is 6.57. The molecule has 0 aliphatic carbocycles. The van der Waals surface area contributed by atoms with Crippen molar-refractivity contribution in [2.75, 3.05) is 13.7 Å². The Bertz CT molecular complexity index is 960. The number of imidazole rings is 1. The second kappa shape index (κ2) is 10.2. The number of methoxy groups -OCH3 is 1. The van der Waals surface area contributed by atoms with E-state index in [2.05, 4.69) is 27.4 Å². The molecular formula is C22H25N5O2. The van der Waals surface area contributed by atoms with Crippen molar-refractivity contribution in [1.82, 2.24) is 19.9 Å². The summed E-state index contributed by atoms with van der Waals surface area (Å²) in [6, 6.07) is 12.1. The van der Waals surface area contributed by atoms with Crippen LogP contribution in [-0.4, -0.2) is 28.3 Å². The lowest BCUT2D eigenvalue weighted by atomic mass is 10.2. The van der Waals surface area contributed by atoms with Crippen molar-refractivity contribution in [2.24, 2.45) is 0 Å². The molecule has 7 nitrogen and oxygen atoms in total. The number of ether oxygens (including phenoxy) is 2. The predicted octanol–water partition coefficient (Wildman–Crippen LogP) is 3.56. The summed E-state index contributed by atoms with van der Waals surface area (Å²) in [4.78, 5) is 8.74. The number of hydrogen-bond acceptors (Lipinski definition) is 6. The lowest BCUT2D eigenvalue weighted by Crippen LogP contribution is -2.13. The van der Waals surface area contributed by atoms with Crippen LogP contribution in [-0.2, 0) is 13.1 Å². The van der Waals surface area contributed by atoms with Gasteiger partial charge in [0.2, 0.25) is 0 Å². The lowest BCUT2D eigenvalue weighted by Gasteiger charge is -2.12. The van der Waals surface area contributed by atoms with Gasteiger partial charge in [0.25, 0.3) is 0 Å². The topological polar surface area (TPSA) is 85.0 Å². The molecule has 3 aromatic rings. The quantitative estimate of drug-likeness (QED) is 0.532. The average molecular weight is 391 g/mol. The minimum atomic E-state index is 0.483. The molecule has 29 heavy (non-hydrogen) atoms. The molecule has 0 amide bonds. The van der Waals surface area contributed by atoms with Gasteiger partial charge in [-0.05, 0) is 42.7 Å². The van der Waals surface area contributed by atoms with Gasteiger partial charge in [0, 0.05) is 38.1 Å². The molecule has 7 heteroatoms. The fraction of sp³-hybridized carbons (Fsp3) is 0.318. The summed E-state index contributed by atoms with van der Waals surface area (Å²) in [5.74, 6) is 3.16. The molecule has 1 aromatic carbocycles. The summed E-state index contributed by atoms with van der Waals surface area (Å²) in [6.07, 6.45) is 6.72. The van der Waals surface area contributed by atoms with E-state index < -0.39 is 0 Å². The standard InChI is InChI=1S/C22H25N5O2/c1-17-25-10-11-27(17)22-8-6-19(16-26-22)15-24-14-18-5-7-20(28-2)21(13-18)29-12-4-3-9-23/h5-8,10-11,13,16,24H,3-4,12,14-15H2,1-2H3. The fourth-order valence-corrected chi connectivity index (χ4v) is 2.91. The van der Waals surface area contributed by atoms with E-state index in [1.54, 1.807) is 13.3 Å². The zero-order chi connectivity index (χ0) is 20.5. The van der Waals surface area contributed by atoms with E-state index in [0.717, 1.165) is 22.8 Å². The number of aryl methyl sites for hydroxylation is 1. The molecular weight excluding hydrogens is 366 g/mol. The van der Waals surface area contributed by atoms with Crippen molar-refractivity contribution >= 4 is 0 Å². The normalized spacial score (nSPS) is 10.5. The summed E-state index contributed by atoms with van der Waals surface area (Å²) < 4.78 is 13.1. The minimum Gasteiger partial charge on any atom is -0.493 e. The first-order chi connectivity index (χ1) is 14.2. The average Bonchev–Trinajstić information content (AvgIpc) is 3.18. The monoisotopic (exact) mass is 391 g/mol. The first-order valence-electron chi connectivity index (χ1n) is 9.54. The van der Waals surface area contributed by atoms with Crippen molar-refractivity contribution in [2.45, 2.75) is 32.9 Å². The Morgan fingerprint density at radius 1 is 1.10 bits per heavy atom. The van der Waals surface area contributed by atoms with Gasteiger partial charge in [0.05, 0.1) is 19.8 Å². The number of benzene rings is 1. The largest absolute Gasteiger partial charge is 0.493 e. The summed E-state index contributed by atoms with van der Waals surface area (Å²) in [5, 5.41) is 12.1. The molecule has 0 saturated carbocycles. The summed E-state index contributed by atoms with van der Waals surface area (Å²) in [6.45, 7) is 3.85. The molecule has 0 saturated heterocycles. The van der Waals surface area contributed by atoms with Gasteiger partial charge < -0.3 is 14.8 Å². The summed E-state index contributed by atoms with van der Waals surface area (Å²) in [7, 11) is 1.62. The predicted molar refractivity (Wildman–Crippen MR) is 110 cm³/mol. The van der Waals surface area contributed by atoms with Crippen molar-refractivity contribution in [1.29, 1.82) is 5.26 Å². The lowest BCUT2D eigenvalue weighted by molar-refractivity contribution is 0.290. The number of nitrogens with zero attached hydrogens (tertiary/aromatic N) is 4. The highest BCUT2D eigenvalue weighted by Crippen LogP contribution is 2.28. The maximum absolute atomic E-state index is 8.63. The van der Waals surface area contributed by atoms with Crippen LogP contribution in [0, 0.1) is 18.3 Å². The van der Waals surface area contributed by atoms with Gasteiger partial charge in [0.15, 0.2) is 11.5 Å². The zero-order valence-corrected chi connectivity index (χ0v) is 16.8. The Morgan fingerprint density at radius 3 is 2.62 bits per heavy atom. The van der Waals surface area contributed by atoms with E-state index in [0.29, 0.717) is 44.0 Å². The van der Waals surface area contributed by atoms with Crippen LogP contribution < -0.4 is 14.8 Å². The number of nitriles is 1. The molecule has 0 unspecified atom stereocenters. The SMILES string of the molecule is COc1ccc(CNCc2ccc(-n3ccnc3C)nc2)cc1OCCCC#N. The Labute approximate surface area is 170 Å². The van der Waals surface area contributed by atoms with E-state index >= 15 is 0 Å². The Morgan fingerprint density at radius 2 is 1.93 bits per heavy atom. The number of rotatable bonds is 10. The molecule has 3 rings (SSSR count). The van der Waals surface area contributed by atoms with Crippen molar-refractivity contribution < 1.29 is 9.47 Å². The van der Waals surface area contributed by atoms with Gasteiger partial charge in [-0.2, -0.15) is 5.26 Å². The van der Waals surface area contributed by atoms with E-state index in [1.807, 2.05) is 48.1 Å². The number of pyridine rings is 1. The highest BCUT2D eigenvalue weighted by Gasteiger charge is 2.06. The summed E-state index contributed by atoms with van der Waals surface area (Å²) >= 11 is 0. The van der Waals surface area contributed by atoms with Crippen LogP contribution in [0.3, 0.4) is 0 Å². The third kappa shape index (κ3) is 5.56. The molecule has 2 aromatic heterocycles. The van der Waals surface area contributed by atoms with Crippen LogP contribution >= 0.6 is 0 Å². The number of hydrogen-bond donors (Lipinski definition) is 1. The molecule has 0 aliphatic rings. The van der Waals surface area contributed by atoms with Crippen LogP contribution in [0.15, 0.2) is 48.9 Å². The van der Waals surface area contributed by atoms with Gasteiger partial charge in [-0.3, -0.25) is 4.57 Å². The van der Waals surface area contributed by atoms with Crippen molar-refractivity contribution in [3.8, 4) is 23.4 Å². The third-order valence-electron chi connectivity index (χ3n) is 4.46. The molecule has 0 fully saturated rings. The maximum Gasteiger partial charge on any atom is 0.161 e. The van der Waals surface area contributed by atoms with Gasteiger partial charge in [-0.25, -0.2) is 9.97 Å². The number of unbranched alkanes of at least 4 members (excludes halogenated alkanes) is 1. The van der Waals surface area contributed by atoms with Gasteiger partial charge in [0.1, 0.15) is 11.6 Å². The Hall–Kier alpha value is -3.37. The van der Waals surface area contributed by atoms with Gasteiger partial charge >= 0.3 is 0 Å². The van der Waals surface area contributed by atoms with E-state index in [4.69, 9.17) is 14.7 Å². The van der Waals surface area contributed by atoms with Gasteiger partial charge in [-0.15, -0.1) is 0 Å². The van der Waals surface area contributed by atoms with Crippen LogP contribution in [0.25, 0.3) is 5.82 Å². The van der Waals surface area contributed by atoms with Crippen LogP contribution in [0.1, 0.15) is 29.8 Å². The molecule has 150 valence electrons. The smallest absolute Gasteiger partial charge is 0.161 e. The molecule has 2 heterocycles. The van der Waals surface area contributed by atoms with Crippen molar-refractivity contribution in [3.63, 3.8) is 0 Å². The zero-order valence-electron chi connectivity index (χ0n) is 16.8. The second-order valence-corrected chi connectivity index (χ2v) is 6.57. The van der Waals surface area contributed by atoms with Crippen molar-refractivity contribution in [3.05, 3.63) is 65.9 Å². The van der Waals surface area contributed by atoms with E-state index in [-0.39, 0.29) is 0 Å². The highest BCUT2D eigenvalue weighted by molar-refractivity contribution is 5.43. The van der Waals surface area contributed by atoms with E-state index in [9.17, 15) is 0 Å². The van der Waals surface area contributed by atoms with Gasteiger partial charge in [-0.1, -0.05) is 12.1 Å². The molecule has 0 bridgehead atoms. The first kappa shape index (κ1) is 20.4. The summed E-state index contributed by atoms with van der Waals surface area (Å²) in [5.41, 5.74) is 2.20. The highest BCUT2D eigenvalue weighted by atomic mass is 16.5. The first-order valence-corrected chi connectivity index (χ1v) is 9.54. The number of nitrogens with one attached hydrogen (secondary N) is 1. The molecule has 0 spiro atoms. The minimum absolute atomic E-state index is 0.483. The fourth-order valence-electron chi connectivity index (χ4n) is 2.91. The number of aromatic nitrogens is 3. The van der Waals surface area contributed by atoms with Crippen LogP contribution in [0.4, 0.5) is 0 Å². The Balaban J connectivity index is 1.54. The molecule has 0 atom stereocenters. The van der Waals surface area contributed by atoms with Crippen LogP contribution in [0.5, 0.6) is 11.5 Å².